The summed E-state index contributed by atoms with van der Waals surface area (Å²) in [7, 11) is -2.52. The van der Waals surface area contributed by atoms with Crippen LogP contribution in [0, 0.1) is 15.9 Å². The maximum Gasteiger partial charge on any atom is 0.269 e. The smallest absolute Gasteiger partial charge is 0.269 e. The number of nitro benzene ring substituents is 1. The number of nitro groups is 1. The first-order valence-electron chi connectivity index (χ1n) is 12.5. The van der Waals surface area contributed by atoms with Gasteiger partial charge in [0, 0.05) is 17.5 Å². The van der Waals surface area contributed by atoms with Crippen LogP contribution in [0.5, 0.6) is 11.5 Å². The number of methoxy groups -OCH3 is 1. The van der Waals surface area contributed by atoms with Gasteiger partial charge in [0.15, 0.2) is 0 Å². The highest BCUT2D eigenvalue weighted by molar-refractivity contribution is 7.89. The Bertz CT molecular complexity index is 1810. The number of fused-ring (bicyclic) bond motifs is 1. The number of benzene rings is 4. The summed E-state index contributed by atoms with van der Waals surface area (Å²) in [6.45, 7) is 1.66. The molecule has 0 aliphatic heterocycles. The molecule has 0 radical (unpaired) electrons. The molecule has 10 nitrogen and oxygen atoms in total. The lowest BCUT2D eigenvalue weighted by molar-refractivity contribution is -0.384. The summed E-state index contributed by atoms with van der Waals surface area (Å²) in [6, 6.07) is 22.3. The molecule has 2 atom stereocenters. The molecular weight excluding hydrogens is 551 g/mol. The SMILES string of the molecule is COc1cccc([C@H](Oc2ccc3c(cnn3-c3ccc(F)cc3)c2)[C@H](C)NS(=O)(=O)c2ccc([N+](=O)[O-])cc2)c1. The van der Waals surface area contributed by atoms with E-state index in [1.54, 1.807) is 66.3 Å². The lowest BCUT2D eigenvalue weighted by atomic mass is 10.0. The second-order valence-electron chi connectivity index (χ2n) is 9.23. The summed E-state index contributed by atoms with van der Waals surface area (Å²) in [5, 5.41) is 16.2. The van der Waals surface area contributed by atoms with Crippen molar-refractivity contribution in [2.24, 2.45) is 0 Å². The van der Waals surface area contributed by atoms with Gasteiger partial charge in [-0.2, -0.15) is 5.10 Å². The number of hydrogen-bond donors (Lipinski definition) is 1. The lowest BCUT2D eigenvalue weighted by Gasteiger charge is -2.27. The Labute approximate surface area is 235 Å². The Kier molecular flexibility index (Phi) is 7.68. The molecular formula is C29H25FN4O6S. The van der Waals surface area contributed by atoms with Gasteiger partial charge < -0.3 is 9.47 Å². The van der Waals surface area contributed by atoms with Crippen LogP contribution in [0.25, 0.3) is 16.6 Å². The van der Waals surface area contributed by atoms with Gasteiger partial charge in [0.1, 0.15) is 23.4 Å². The highest BCUT2D eigenvalue weighted by Crippen LogP contribution is 2.31. The molecule has 1 N–H and O–H groups in total. The number of nitrogens with one attached hydrogen (secondary N) is 1. The molecule has 0 unspecified atom stereocenters. The van der Waals surface area contributed by atoms with Crippen LogP contribution >= 0.6 is 0 Å². The summed E-state index contributed by atoms with van der Waals surface area (Å²) in [4.78, 5) is 10.3. The first-order chi connectivity index (χ1) is 19.6. The predicted octanol–water partition coefficient (Wildman–Crippen LogP) is 5.57. The molecule has 12 heteroatoms. The van der Waals surface area contributed by atoms with E-state index in [-0.39, 0.29) is 16.4 Å². The Morgan fingerprint density at radius 2 is 1.71 bits per heavy atom. The molecule has 5 aromatic rings. The van der Waals surface area contributed by atoms with Crippen molar-refractivity contribution >= 4 is 26.6 Å². The van der Waals surface area contributed by atoms with Crippen LogP contribution in [0.3, 0.4) is 0 Å². The Morgan fingerprint density at radius 3 is 2.39 bits per heavy atom. The second-order valence-corrected chi connectivity index (χ2v) is 10.9. The molecule has 0 aliphatic carbocycles. The van der Waals surface area contributed by atoms with E-state index in [0.29, 0.717) is 22.7 Å². The van der Waals surface area contributed by atoms with Gasteiger partial charge >= 0.3 is 0 Å². The van der Waals surface area contributed by atoms with Crippen molar-refractivity contribution in [3.63, 3.8) is 0 Å². The molecule has 1 heterocycles. The van der Waals surface area contributed by atoms with Gasteiger partial charge in [-0.15, -0.1) is 0 Å². The molecule has 0 saturated heterocycles. The third-order valence-electron chi connectivity index (χ3n) is 6.45. The minimum Gasteiger partial charge on any atom is -0.497 e. The van der Waals surface area contributed by atoms with E-state index in [1.807, 2.05) is 6.07 Å². The fraction of sp³-hybridized carbons (Fsp3) is 0.138. The standard InChI is InChI=1S/C29H25FN4O6S/c1-19(32-41(37,38)27-13-10-24(11-14-27)34(35)36)29(20-4-3-5-25(16-20)39-2)40-26-12-15-28-21(17-26)18-31-33(28)23-8-6-22(30)7-9-23/h3-19,29,32H,1-2H3/t19-,29+/m0/s1. The van der Waals surface area contributed by atoms with Gasteiger partial charge in [-0.1, -0.05) is 12.1 Å². The number of halogens is 1. The van der Waals surface area contributed by atoms with E-state index in [2.05, 4.69) is 9.82 Å². The van der Waals surface area contributed by atoms with Gasteiger partial charge in [0.2, 0.25) is 10.0 Å². The molecule has 0 amide bonds. The number of hydrogen-bond acceptors (Lipinski definition) is 7. The van der Waals surface area contributed by atoms with Crippen molar-refractivity contribution in [1.82, 2.24) is 14.5 Å². The van der Waals surface area contributed by atoms with Gasteiger partial charge in [0.25, 0.3) is 5.69 Å². The zero-order chi connectivity index (χ0) is 29.1. The Hall–Kier alpha value is -4.81. The molecule has 1 aromatic heterocycles. The average molecular weight is 577 g/mol. The van der Waals surface area contributed by atoms with Crippen LogP contribution in [0.15, 0.2) is 102 Å². The number of aromatic nitrogens is 2. The average Bonchev–Trinajstić information content (AvgIpc) is 3.39. The topological polar surface area (TPSA) is 126 Å². The molecule has 4 aromatic carbocycles. The maximum atomic E-state index is 13.4. The van der Waals surface area contributed by atoms with Crippen molar-refractivity contribution in [3.05, 3.63) is 119 Å². The normalized spacial score (nSPS) is 13.0. The van der Waals surface area contributed by atoms with Crippen LogP contribution in [-0.4, -0.2) is 36.3 Å². The van der Waals surface area contributed by atoms with Crippen molar-refractivity contribution < 1.29 is 27.2 Å². The van der Waals surface area contributed by atoms with Crippen molar-refractivity contribution in [2.75, 3.05) is 7.11 Å². The Balaban J connectivity index is 1.45. The van der Waals surface area contributed by atoms with E-state index in [0.717, 1.165) is 23.0 Å². The molecule has 5 rings (SSSR count). The first-order valence-corrected chi connectivity index (χ1v) is 13.9. The molecule has 0 aliphatic rings. The Morgan fingerprint density at radius 1 is 0.976 bits per heavy atom. The maximum absolute atomic E-state index is 13.4. The van der Waals surface area contributed by atoms with Crippen LogP contribution in [0.2, 0.25) is 0 Å². The van der Waals surface area contributed by atoms with Gasteiger partial charge in [-0.05, 0) is 79.2 Å². The second kappa shape index (κ2) is 11.4. The fourth-order valence-corrected chi connectivity index (χ4v) is 5.66. The van der Waals surface area contributed by atoms with Crippen molar-refractivity contribution in [1.29, 1.82) is 0 Å². The third kappa shape index (κ3) is 6.03. The van der Waals surface area contributed by atoms with Gasteiger partial charge in [0.05, 0.1) is 40.4 Å². The quantitative estimate of drug-likeness (QED) is 0.170. The van der Waals surface area contributed by atoms with Crippen molar-refractivity contribution in [3.8, 4) is 17.2 Å². The number of non-ortho nitro benzene ring substituents is 1. The lowest BCUT2D eigenvalue weighted by Crippen LogP contribution is -2.39. The number of ether oxygens (including phenoxy) is 2. The van der Waals surface area contributed by atoms with E-state index in [4.69, 9.17) is 9.47 Å². The molecule has 0 fully saturated rings. The zero-order valence-electron chi connectivity index (χ0n) is 22.0. The summed E-state index contributed by atoms with van der Waals surface area (Å²) in [6.07, 6.45) is 0.870. The first kappa shape index (κ1) is 27.7. The summed E-state index contributed by atoms with van der Waals surface area (Å²) < 4.78 is 55.8. The molecule has 0 saturated carbocycles. The van der Waals surface area contributed by atoms with Gasteiger partial charge in [-0.25, -0.2) is 22.2 Å². The minimum atomic E-state index is -4.05. The number of nitrogens with zero attached hydrogens (tertiary/aromatic N) is 3. The predicted molar refractivity (Wildman–Crippen MR) is 150 cm³/mol. The highest BCUT2D eigenvalue weighted by atomic mass is 32.2. The monoisotopic (exact) mass is 576 g/mol. The third-order valence-corrected chi connectivity index (χ3v) is 8.02. The van der Waals surface area contributed by atoms with E-state index < -0.39 is 27.1 Å². The van der Waals surface area contributed by atoms with Crippen LogP contribution in [-0.2, 0) is 10.0 Å². The number of rotatable bonds is 10. The molecule has 0 bridgehead atoms. The summed E-state index contributed by atoms with van der Waals surface area (Å²) in [5.41, 5.74) is 1.91. The van der Waals surface area contributed by atoms with E-state index in [9.17, 15) is 22.9 Å². The van der Waals surface area contributed by atoms with E-state index in [1.165, 1.54) is 31.4 Å². The largest absolute Gasteiger partial charge is 0.497 e. The minimum absolute atomic E-state index is 0.117. The fourth-order valence-electron chi connectivity index (χ4n) is 4.42. The molecule has 41 heavy (non-hydrogen) atoms. The van der Waals surface area contributed by atoms with Crippen LogP contribution in [0.1, 0.15) is 18.6 Å². The zero-order valence-corrected chi connectivity index (χ0v) is 22.8. The number of sulfonamides is 1. The van der Waals surface area contributed by atoms with Gasteiger partial charge in [-0.3, -0.25) is 10.1 Å². The molecule has 210 valence electrons. The molecule has 0 spiro atoms. The van der Waals surface area contributed by atoms with E-state index >= 15 is 0 Å². The summed E-state index contributed by atoms with van der Waals surface area (Å²) >= 11 is 0. The summed E-state index contributed by atoms with van der Waals surface area (Å²) in [5.74, 6) is 0.686. The van der Waals surface area contributed by atoms with Crippen molar-refractivity contribution in [2.45, 2.75) is 24.0 Å². The van der Waals surface area contributed by atoms with Crippen LogP contribution in [0.4, 0.5) is 10.1 Å². The van der Waals surface area contributed by atoms with Crippen LogP contribution < -0.4 is 14.2 Å². The highest BCUT2D eigenvalue weighted by Gasteiger charge is 2.28.